The van der Waals surface area contributed by atoms with Crippen molar-refractivity contribution in [3.05, 3.63) is 47.3 Å². The Balaban J connectivity index is -0.000000306. The molecule has 19 heteroatoms. The van der Waals surface area contributed by atoms with E-state index >= 15 is 0 Å². The summed E-state index contributed by atoms with van der Waals surface area (Å²) in [5, 5.41) is 45.8. The van der Waals surface area contributed by atoms with Gasteiger partial charge in [0, 0.05) is 80.8 Å². The molecule has 0 spiro atoms. The first kappa shape index (κ1) is 96.0. The smallest absolute Gasteiger partial charge is 0.243 e. The van der Waals surface area contributed by atoms with Crippen molar-refractivity contribution < 1.29 is 47.1 Å². The molecule has 1 atom stereocenters. The van der Waals surface area contributed by atoms with E-state index in [1.54, 1.807) is 18.7 Å². The monoisotopic (exact) mass is 1370 g/mol. The van der Waals surface area contributed by atoms with Crippen LogP contribution in [0.4, 0.5) is 0 Å². The fraction of sp³-hybridized carbons (Fsp3) is 0.845. The molecule has 5 aliphatic rings. The second-order valence-electron chi connectivity index (χ2n) is 30.6. The maximum Gasteiger partial charge on any atom is 0.243 e. The van der Waals surface area contributed by atoms with Crippen LogP contribution >= 0.6 is 23.5 Å². The molecule has 90 heavy (non-hydrogen) atoms. The van der Waals surface area contributed by atoms with Crippen LogP contribution in [0.2, 0.25) is 0 Å². The van der Waals surface area contributed by atoms with Crippen LogP contribution in [-0.2, 0) is 59.9 Å². The number of rotatable bonds is 11. The van der Waals surface area contributed by atoms with Crippen LogP contribution in [0.15, 0.2) is 38.8 Å². The van der Waals surface area contributed by atoms with Gasteiger partial charge in [-0.05, 0) is 158 Å². The van der Waals surface area contributed by atoms with Crippen LogP contribution in [-0.4, -0.2) is 103 Å². The molecule has 4 aliphatic heterocycles. The number of aryl methyl sites for hydroxylation is 1. The topological polar surface area (TPSA) is 200 Å². The van der Waals surface area contributed by atoms with E-state index in [-0.39, 0.29) is 78.6 Å². The van der Waals surface area contributed by atoms with Crippen molar-refractivity contribution in [2.45, 2.75) is 350 Å². The Morgan fingerprint density at radius 2 is 1.17 bits per heavy atom. The Kier molecular flexibility index (Phi) is 51.3. The number of thioether (sulfide) groups is 2. The molecule has 0 aromatic carbocycles. The average molecular weight is 1380 g/mol. The van der Waals surface area contributed by atoms with Gasteiger partial charge in [0.2, 0.25) is 29.0 Å². The Labute approximate surface area is 588 Å². The van der Waals surface area contributed by atoms with Crippen LogP contribution in [0, 0.1) is 40.9 Å². The molecule has 3 amide bonds. The molecular weight excluding hydrogens is 1240 g/mol. The fourth-order valence-corrected chi connectivity index (χ4v) is 9.31. The number of carbonyl (C=O) groups excluding carboxylic acids is 3. The summed E-state index contributed by atoms with van der Waals surface area (Å²) in [7, 11) is 0. The van der Waals surface area contributed by atoms with E-state index in [0.29, 0.717) is 46.7 Å². The van der Waals surface area contributed by atoms with Crippen molar-refractivity contribution in [2.75, 3.05) is 5.75 Å². The molecular formula is C71H139N13O3S2Y-2. The first-order chi connectivity index (χ1) is 40.5. The van der Waals surface area contributed by atoms with Gasteiger partial charge in [-0.15, -0.1) is 22.0 Å². The van der Waals surface area contributed by atoms with Crippen LogP contribution in [0.25, 0.3) is 5.41 Å². The van der Waals surface area contributed by atoms with Gasteiger partial charge in [-0.25, -0.2) is 15.1 Å². The van der Waals surface area contributed by atoms with E-state index in [2.05, 4.69) is 194 Å². The summed E-state index contributed by atoms with van der Waals surface area (Å²) in [5.41, 5.74) is 3.28. The van der Waals surface area contributed by atoms with Gasteiger partial charge in [0.25, 0.3) is 0 Å². The molecule has 16 nitrogen and oxygen atoms in total. The standard InChI is InChI=1S/C11H19N3.C11H19NO2S.C9H20S.C8H12N4.C8H15N3.C7H15NO.C6H12N.2C4H10.C3H7.Y/c1-9(2)14-11-8-6-4-3-5-7-10(11)12-13-14;1-7(2)15-8-6-9(13)12(10(8)14)11(3,4)5;1-8(2)10-7-6-9(3,4)5;1-6(2)8-5-4-7(3,9-11-8)10-12-8;1-6(2)8-5-11(7(3)4)10-9-8;1-5(2)7(9)8-6(3)4;1-5(7)6(2,3)4;2*1-4(2)3;1-3-2;/h9H,3-8H2,1-2H3;7-8H,6H2,1-5H3;8H,6-7H2,1-5H3;4-6H,1-3H3;5-7H,1-4H3;5-6H,1-4H3,(H,8,9);1-4H3;2*4H,1-3H3;3H,1-2H3;/q;;;;;;-1;;;-1;. The number of fused-ring (bicyclic) bond motifs is 1. The molecule has 1 radical (unpaired) electrons. The number of amides is 3. The zero-order chi connectivity index (χ0) is 70.6. The molecule has 523 valence electrons. The molecule has 0 saturated carbocycles. The van der Waals surface area contributed by atoms with E-state index in [1.165, 1.54) is 60.6 Å². The normalized spacial score (nSPS) is 18.1. The minimum absolute atomic E-state index is 0. The third-order valence-corrected chi connectivity index (χ3v) is 14.8. The maximum absolute atomic E-state index is 12.0. The summed E-state index contributed by atoms with van der Waals surface area (Å²) < 4.78 is 3.98. The van der Waals surface area contributed by atoms with Crippen molar-refractivity contribution in [3.63, 3.8) is 0 Å². The molecule has 1 saturated heterocycles. The van der Waals surface area contributed by atoms with E-state index in [9.17, 15) is 14.4 Å². The number of imide groups is 1. The van der Waals surface area contributed by atoms with Gasteiger partial charge in [0.15, 0.2) is 0 Å². The summed E-state index contributed by atoms with van der Waals surface area (Å²) in [6, 6.07) is 1.13. The average Bonchev–Trinajstić information content (AvgIpc) is 1.23. The number of nitrogens with one attached hydrogen (secondary N) is 1. The second-order valence-corrected chi connectivity index (χ2v) is 34.1. The predicted octanol–water partition coefficient (Wildman–Crippen LogP) is 20.4. The zero-order valence-electron chi connectivity index (χ0n) is 64.5. The van der Waals surface area contributed by atoms with Gasteiger partial charge in [-0.3, -0.25) is 19.3 Å². The number of likely N-dealkylation sites (tertiary alicyclic amines) is 1. The first-order valence-corrected chi connectivity index (χ1v) is 35.6. The summed E-state index contributed by atoms with van der Waals surface area (Å²) >= 11 is 3.64. The number of hydrogen-bond donors (Lipinski definition) is 1. The Hall–Kier alpha value is -2.70. The summed E-state index contributed by atoms with van der Waals surface area (Å²) in [6.45, 7) is 72.3. The molecule has 2 bridgehead atoms. The second kappa shape index (κ2) is 48.1. The molecule has 2 aromatic heterocycles. The van der Waals surface area contributed by atoms with E-state index in [1.807, 2.05) is 133 Å². The van der Waals surface area contributed by atoms with Crippen molar-refractivity contribution in [1.82, 2.24) is 40.2 Å². The third kappa shape index (κ3) is 46.4. The van der Waals surface area contributed by atoms with Crippen molar-refractivity contribution in [3.8, 4) is 0 Å². The van der Waals surface area contributed by atoms with Crippen molar-refractivity contribution >= 4 is 47.0 Å². The molecule has 1 aliphatic carbocycles. The largest absolute Gasteiger partial charge is 0.811 e. The summed E-state index contributed by atoms with van der Waals surface area (Å²) in [4.78, 5) is 35.9. The predicted molar refractivity (Wildman–Crippen MR) is 388 cm³/mol. The number of carbonyl (C=O) groups is 3. The van der Waals surface area contributed by atoms with E-state index in [0.717, 1.165) is 29.2 Å². The Bertz CT molecular complexity index is 2240. The van der Waals surface area contributed by atoms with Gasteiger partial charge in [0.1, 0.15) is 0 Å². The molecule has 1 unspecified atom stereocenters. The zero-order valence-corrected chi connectivity index (χ0v) is 69.0. The molecule has 1 fully saturated rings. The van der Waals surface area contributed by atoms with E-state index < -0.39 is 11.3 Å². The van der Waals surface area contributed by atoms with Gasteiger partial charge in [0.05, 0.1) is 22.3 Å². The third-order valence-electron chi connectivity index (χ3n) is 12.5. The molecule has 2 aromatic rings. The Morgan fingerprint density at radius 1 is 0.700 bits per heavy atom. The molecule has 7 rings (SSSR count). The summed E-state index contributed by atoms with van der Waals surface area (Å²) in [6.07, 6.45) is 17.3. The number of azo groups is 2. The molecule has 1 N–H and O–H groups in total. The minimum atomic E-state index is -0.517. The SMILES string of the molecule is CC(=[N-])C(C)(C)C.CC(C)C.CC(C)C.CC(C)C12C=CC(C)(N=N1)N=N2.CC(C)NC(=O)C(C)C.CC(C)SC1CC(=O)N(C(C)(C)C)C1=O.CC(C)SCCC(C)(C)C.CC(C)c1cn(C(C)C)nn1.CC(C)n1nnc2c1CCCCCC2.C[CH-]C.[Y]. The maximum atomic E-state index is 12.0. The summed E-state index contributed by atoms with van der Waals surface area (Å²) in [5.74, 6) is 3.93. The van der Waals surface area contributed by atoms with Gasteiger partial charge in [-0.2, -0.15) is 46.1 Å². The van der Waals surface area contributed by atoms with Crippen LogP contribution < -0.4 is 5.32 Å². The fourth-order valence-electron chi connectivity index (χ4n) is 7.00. The van der Waals surface area contributed by atoms with Crippen LogP contribution in [0.3, 0.4) is 0 Å². The van der Waals surface area contributed by atoms with Crippen molar-refractivity contribution in [2.24, 2.45) is 55.0 Å². The molecule has 6 heterocycles. The number of hydrogen-bond acceptors (Lipinski definition) is 13. The Morgan fingerprint density at radius 3 is 1.46 bits per heavy atom. The first-order valence-electron chi connectivity index (χ1n) is 33.6. The number of nitrogens with zero attached hydrogens (tertiary/aromatic N) is 12. The van der Waals surface area contributed by atoms with Crippen LogP contribution in [0.1, 0.15) is 316 Å². The minimum Gasteiger partial charge on any atom is -0.811 e. The van der Waals surface area contributed by atoms with Gasteiger partial charge in [-0.1, -0.05) is 183 Å². The van der Waals surface area contributed by atoms with E-state index in [4.69, 9.17) is 5.41 Å². The van der Waals surface area contributed by atoms with Gasteiger partial charge < -0.3 is 17.1 Å². The van der Waals surface area contributed by atoms with Crippen molar-refractivity contribution in [1.29, 1.82) is 0 Å². The quantitative estimate of drug-likeness (QED) is 0.0984. The number of aromatic nitrogens is 6. The van der Waals surface area contributed by atoms with Gasteiger partial charge >= 0.3 is 0 Å². The van der Waals surface area contributed by atoms with Crippen LogP contribution in [0.5, 0.6) is 0 Å².